The van der Waals surface area contributed by atoms with Gasteiger partial charge in [-0.15, -0.1) is 0 Å². The Morgan fingerprint density at radius 3 is 2.59 bits per heavy atom. The summed E-state index contributed by atoms with van der Waals surface area (Å²) < 4.78 is 1.65. The summed E-state index contributed by atoms with van der Waals surface area (Å²) in [6, 6.07) is 9.96. The summed E-state index contributed by atoms with van der Waals surface area (Å²) in [6.07, 6.45) is 7.35. The van der Waals surface area contributed by atoms with Crippen molar-refractivity contribution < 1.29 is 9.28 Å². The highest BCUT2D eigenvalue weighted by Gasteiger charge is 2.44. The van der Waals surface area contributed by atoms with Crippen LogP contribution >= 0.6 is 0 Å². The van der Waals surface area contributed by atoms with Crippen LogP contribution in [0.4, 0.5) is 4.79 Å². The molecular weight excluding hydrogens is 276 g/mol. The second kappa shape index (κ2) is 5.69. The van der Waals surface area contributed by atoms with E-state index in [4.69, 9.17) is 0 Å². The van der Waals surface area contributed by atoms with E-state index >= 15 is 0 Å². The number of carbonyl (C=O) groups is 1. The minimum absolute atomic E-state index is 0.0495. The van der Waals surface area contributed by atoms with E-state index in [1.54, 1.807) is 25.1 Å². The number of carbonyl (C=O) groups excluding carboxylic acids is 1. The van der Waals surface area contributed by atoms with Crippen LogP contribution < -0.4 is 0 Å². The van der Waals surface area contributed by atoms with E-state index in [2.05, 4.69) is 16.9 Å². The number of imidazole rings is 1. The molecule has 0 saturated heterocycles. The molecule has 1 aliphatic rings. The molecule has 1 amide bonds. The van der Waals surface area contributed by atoms with Crippen molar-refractivity contribution >= 4 is 18.1 Å². The molecule has 5 heteroatoms. The number of allylic oxidation sites excluding steroid dienone is 1. The van der Waals surface area contributed by atoms with E-state index in [-0.39, 0.29) is 10.5 Å². The summed E-state index contributed by atoms with van der Waals surface area (Å²) in [6.45, 7) is 4.70. The van der Waals surface area contributed by atoms with Crippen LogP contribution in [0, 0.1) is 0 Å². The number of hydrogen-bond acceptors (Lipinski definition) is 3. The number of benzene rings is 1. The van der Waals surface area contributed by atoms with Gasteiger partial charge >= 0.3 is 6.03 Å². The van der Waals surface area contributed by atoms with Gasteiger partial charge in [0.25, 0.3) is 0 Å². The van der Waals surface area contributed by atoms with Crippen molar-refractivity contribution in [1.82, 2.24) is 9.55 Å². The monoisotopic (exact) mass is 295 g/mol. The Labute approximate surface area is 129 Å². The maximum Gasteiger partial charge on any atom is 0.439 e. The van der Waals surface area contributed by atoms with Crippen molar-refractivity contribution in [3.8, 4) is 0 Å². The predicted octanol–water partition coefficient (Wildman–Crippen LogP) is 3.51. The van der Waals surface area contributed by atoms with Crippen LogP contribution in [0.1, 0.15) is 25.8 Å². The van der Waals surface area contributed by atoms with Crippen molar-refractivity contribution in [2.45, 2.75) is 20.3 Å². The third kappa shape index (κ3) is 2.10. The Hall–Kier alpha value is -2.53. The van der Waals surface area contributed by atoms with Gasteiger partial charge in [-0.2, -0.15) is 9.48 Å². The molecule has 22 heavy (non-hydrogen) atoms. The molecule has 0 spiro atoms. The minimum Gasteiger partial charge on any atom is -0.245 e. The van der Waals surface area contributed by atoms with E-state index in [0.29, 0.717) is 6.54 Å². The molecule has 1 aromatic carbocycles. The highest BCUT2D eigenvalue weighted by atomic mass is 16.2. The lowest BCUT2D eigenvalue weighted by Gasteiger charge is -2.28. The SMILES string of the molecule is CCC1=C(c2ccccc2)N=C[N+]1(CC)C(=O)n1ccnc1. The van der Waals surface area contributed by atoms with E-state index in [1.807, 2.05) is 37.3 Å². The summed E-state index contributed by atoms with van der Waals surface area (Å²) in [7, 11) is 0. The third-order valence-electron chi connectivity index (χ3n) is 4.09. The minimum atomic E-state index is -0.0495. The first-order valence-electron chi connectivity index (χ1n) is 7.48. The lowest BCUT2D eigenvalue weighted by Crippen LogP contribution is -2.51. The second-order valence-electron chi connectivity index (χ2n) is 5.20. The summed E-state index contributed by atoms with van der Waals surface area (Å²) in [5.41, 5.74) is 2.97. The van der Waals surface area contributed by atoms with Crippen LogP contribution in [0.15, 0.2) is 59.7 Å². The van der Waals surface area contributed by atoms with Gasteiger partial charge in [0.1, 0.15) is 12.0 Å². The van der Waals surface area contributed by atoms with Crippen LogP contribution in [0.3, 0.4) is 0 Å². The van der Waals surface area contributed by atoms with Crippen molar-refractivity contribution in [3.63, 3.8) is 0 Å². The average molecular weight is 295 g/mol. The van der Waals surface area contributed by atoms with Crippen molar-refractivity contribution in [3.05, 3.63) is 60.3 Å². The Kier molecular flexibility index (Phi) is 3.73. The summed E-state index contributed by atoms with van der Waals surface area (Å²) >= 11 is 0. The molecule has 0 aliphatic carbocycles. The molecule has 0 bridgehead atoms. The fourth-order valence-corrected chi connectivity index (χ4v) is 2.93. The number of quaternary nitrogens is 1. The molecule has 2 heterocycles. The molecule has 0 radical (unpaired) electrons. The highest BCUT2D eigenvalue weighted by Crippen LogP contribution is 2.35. The van der Waals surface area contributed by atoms with Gasteiger partial charge in [-0.3, -0.25) is 0 Å². The molecule has 0 fully saturated rings. The molecule has 1 unspecified atom stereocenters. The van der Waals surface area contributed by atoms with Crippen LogP contribution in [-0.2, 0) is 0 Å². The molecule has 0 saturated carbocycles. The molecule has 5 nitrogen and oxygen atoms in total. The van der Waals surface area contributed by atoms with E-state index in [9.17, 15) is 4.79 Å². The number of amides is 1. The fraction of sp³-hybridized carbons (Fsp3) is 0.235. The number of aliphatic imine (C=N–C) groups is 1. The largest absolute Gasteiger partial charge is 0.439 e. The molecule has 1 aliphatic heterocycles. The highest BCUT2D eigenvalue weighted by molar-refractivity contribution is 5.87. The molecule has 2 aromatic rings. The van der Waals surface area contributed by atoms with Gasteiger partial charge in [0, 0.05) is 24.4 Å². The van der Waals surface area contributed by atoms with Crippen LogP contribution in [-0.4, -0.2) is 32.9 Å². The third-order valence-corrected chi connectivity index (χ3v) is 4.09. The first kappa shape index (κ1) is 14.4. The molecule has 1 aromatic heterocycles. The fourth-order valence-electron chi connectivity index (χ4n) is 2.93. The molecular formula is C17H19N4O+. The van der Waals surface area contributed by atoms with E-state index in [0.717, 1.165) is 23.4 Å². The number of aromatic nitrogens is 2. The zero-order valence-corrected chi connectivity index (χ0v) is 12.8. The topological polar surface area (TPSA) is 47.2 Å². The van der Waals surface area contributed by atoms with Gasteiger partial charge in [-0.05, 0) is 6.92 Å². The van der Waals surface area contributed by atoms with E-state index in [1.165, 1.54) is 4.57 Å². The van der Waals surface area contributed by atoms with Gasteiger partial charge in [0.2, 0.25) is 6.34 Å². The standard InChI is InChI=1S/C17H19N4O/c1-3-15-16(14-8-6-5-7-9-14)19-13-21(15,4-2)17(22)20-11-10-18-12-20/h5-13H,3-4H2,1-2H3/q+1. The zero-order chi connectivity index (χ0) is 15.6. The van der Waals surface area contributed by atoms with Crippen molar-refractivity contribution in [2.24, 2.45) is 4.99 Å². The molecule has 3 rings (SSSR count). The lowest BCUT2D eigenvalue weighted by molar-refractivity contribution is -0.705. The van der Waals surface area contributed by atoms with Crippen LogP contribution in [0.2, 0.25) is 0 Å². The maximum absolute atomic E-state index is 13.0. The quantitative estimate of drug-likeness (QED) is 0.814. The predicted molar refractivity (Wildman–Crippen MR) is 86.0 cm³/mol. The maximum atomic E-state index is 13.0. The van der Waals surface area contributed by atoms with Gasteiger partial charge in [-0.25, -0.2) is 14.3 Å². The second-order valence-corrected chi connectivity index (χ2v) is 5.20. The Morgan fingerprint density at radius 2 is 2.00 bits per heavy atom. The van der Waals surface area contributed by atoms with Crippen LogP contribution in [0.5, 0.6) is 0 Å². The number of hydrogen-bond donors (Lipinski definition) is 0. The smallest absolute Gasteiger partial charge is 0.245 e. The molecule has 112 valence electrons. The summed E-state index contributed by atoms with van der Waals surface area (Å²) in [5, 5.41) is 0. The summed E-state index contributed by atoms with van der Waals surface area (Å²) in [4.78, 5) is 21.5. The summed E-state index contributed by atoms with van der Waals surface area (Å²) in [5.74, 6) is 0. The lowest BCUT2D eigenvalue weighted by atomic mass is 10.1. The van der Waals surface area contributed by atoms with Gasteiger partial charge in [0.15, 0.2) is 5.70 Å². The number of rotatable bonds is 3. The van der Waals surface area contributed by atoms with Crippen molar-refractivity contribution in [1.29, 1.82) is 0 Å². The zero-order valence-electron chi connectivity index (χ0n) is 12.8. The van der Waals surface area contributed by atoms with Gasteiger partial charge in [0.05, 0.1) is 6.54 Å². The Balaban J connectivity index is 2.12. The Bertz CT molecular complexity index is 731. The van der Waals surface area contributed by atoms with Crippen molar-refractivity contribution in [2.75, 3.05) is 6.54 Å². The van der Waals surface area contributed by atoms with Gasteiger partial charge < -0.3 is 0 Å². The normalized spacial score (nSPS) is 20.6. The first-order valence-corrected chi connectivity index (χ1v) is 7.48. The Morgan fingerprint density at radius 1 is 1.23 bits per heavy atom. The number of nitrogens with zero attached hydrogens (tertiary/aromatic N) is 4. The molecule has 1 atom stereocenters. The van der Waals surface area contributed by atoms with Gasteiger partial charge in [-0.1, -0.05) is 37.3 Å². The van der Waals surface area contributed by atoms with E-state index < -0.39 is 0 Å². The van der Waals surface area contributed by atoms with Crippen LogP contribution in [0.25, 0.3) is 5.70 Å². The molecule has 0 N–H and O–H groups in total. The first-order chi connectivity index (χ1) is 10.7. The average Bonchev–Trinajstić information content (AvgIpc) is 3.22.